The Bertz CT molecular complexity index is 1510. The maximum atomic E-state index is 13.2. The second-order valence-corrected chi connectivity index (χ2v) is 14.9. The average molecular weight is 664 g/mol. The summed E-state index contributed by atoms with van der Waals surface area (Å²) in [7, 11) is -13.9. The monoisotopic (exact) mass is 664 g/mol. The van der Waals surface area contributed by atoms with Crippen LogP contribution >= 0.6 is 45.1 Å². The molecule has 22 heteroatoms. The molecule has 0 radical (unpaired) electrons. The Kier molecular flexibility index (Phi) is 11.0. The predicted octanol–water partition coefficient (Wildman–Crippen LogP) is 1.20. The highest BCUT2D eigenvalue weighted by Crippen LogP contribution is 2.66. The molecule has 3 rings (SSSR count). The van der Waals surface area contributed by atoms with E-state index in [9.17, 15) is 43.0 Å². The van der Waals surface area contributed by atoms with Crippen molar-refractivity contribution in [2.75, 3.05) is 12.9 Å². The number of carbonyl (C=O) groups is 1. The fourth-order valence-electron chi connectivity index (χ4n) is 3.50. The Morgan fingerprint density at radius 2 is 1.75 bits per heavy atom. The molecule has 40 heavy (non-hydrogen) atoms. The van der Waals surface area contributed by atoms with Gasteiger partial charge in [-0.05, 0) is 17.9 Å². The lowest BCUT2D eigenvalue weighted by molar-refractivity contribution is -0.0452. The van der Waals surface area contributed by atoms with E-state index in [0.717, 1.165) is 16.8 Å². The van der Waals surface area contributed by atoms with E-state index < -0.39 is 65.7 Å². The summed E-state index contributed by atoms with van der Waals surface area (Å²) in [4.78, 5) is 74.9. The predicted molar refractivity (Wildman–Crippen MR) is 140 cm³/mol. The number of aromatic nitrogens is 2. The van der Waals surface area contributed by atoms with Gasteiger partial charge >= 0.3 is 29.2 Å². The van der Waals surface area contributed by atoms with Crippen molar-refractivity contribution >= 4 is 51.0 Å². The number of carbonyl (C=O) groups excluding carboxylic acids is 1. The van der Waals surface area contributed by atoms with Gasteiger partial charge in [0, 0.05) is 30.0 Å². The molecule has 0 saturated carbocycles. The molecule has 1 aromatic carbocycles. The third kappa shape index (κ3) is 8.80. The Morgan fingerprint density at radius 1 is 1.07 bits per heavy atom. The van der Waals surface area contributed by atoms with Crippen LogP contribution in [0.15, 0.2) is 46.1 Å². The fraction of sp³-hybridized carbons (Fsp3) is 0.389. The summed E-state index contributed by atoms with van der Waals surface area (Å²) in [6.07, 6.45) is -1.57. The smallest absolute Gasteiger partial charge is 0.390 e. The topological polar surface area (TPSA) is 250 Å². The largest absolute Gasteiger partial charge is 0.490 e. The molecule has 0 spiro atoms. The van der Waals surface area contributed by atoms with Gasteiger partial charge in [0.15, 0.2) is 0 Å². The molecular weight excluding hydrogens is 641 g/mol. The van der Waals surface area contributed by atoms with Crippen LogP contribution in [-0.4, -0.2) is 64.8 Å². The number of phosphoric ester groups is 1. The molecule has 3 unspecified atom stereocenters. The second-order valence-electron chi connectivity index (χ2n) is 7.89. The van der Waals surface area contributed by atoms with Crippen LogP contribution in [0.1, 0.15) is 28.6 Å². The van der Waals surface area contributed by atoms with Crippen LogP contribution in [0.4, 0.5) is 0 Å². The summed E-state index contributed by atoms with van der Waals surface area (Å²) in [6.45, 7) is -0.963. The fourth-order valence-corrected chi connectivity index (χ4v) is 7.76. The van der Waals surface area contributed by atoms with Gasteiger partial charge in [0.05, 0.1) is 12.7 Å². The highest BCUT2D eigenvalue weighted by molar-refractivity contribution is 8.76. The molecule has 1 fully saturated rings. The molecule has 1 aromatic heterocycles. The van der Waals surface area contributed by atoms with Crippen molar-refractivity contribution in [1.82, 2.24) is 9.13 Å². The van der Waals surface area contributed by atoms with Crippen molar-refractivity contribution in [3.8, 4) is 0 Å². The number of aliphatic hydroxyl groups excluding tert-OH is 1. The summed E-state index contributed by atoms with van der Waals surface area (Å²) in [5.74, 6) is -0.460. The van der Waals surface area contributed by atoms with Crippen molar-refractivity contribution < 1.29 is 61.1 Å². The number of ether oxygens (including phenoxy) is 1. The average Bonchev–Trinajstić information content (AvgIpc) is 3.19. The van der Waals surface area contributed by atoms with E-state index in [4.69, 9.17) is 14.5 Å². The van der Waals surface area contributed by atoms with Crippen LogP contribution < -0.4 is 11.2 Å². The van der Waals surface area contributed by atoms with Crippen molar-refractivity contribution in [2.24, 2.45) is 0 Å². The lowest BCUT2D eigenvalue weighted by Gasteiger charge is -2.19. The Balaban J connectivity index is 1.77. The second kappa shape index (κ2) is 13.3. The standard InChI is InChI=1S/C18H23N2O15P3S2/c1-39-40-10-11-4-2-3-5-12(11)17(23)20-15(22)6-7-19(18(20)24)16-8-13(21)14(33-16)9-32-37(28,29)35-38(30,31)34-36(25,26)27/h2-7,13-14,16,21H,8-10H2,1H3,(H,28,29)(H,30,31)(H2,25,26,27)/t13?,14-,16-/m1/s1. The van der Waals surface area contributed by atoms with Crippen molar-refractivity contribution in [2.45, 2.75) is 30.6 Å². The van der Waals surface area contributed by atoms with Crippen molar-refractivity contribution in [3.63, 3.8) is 0 Å². The van der Waals surface area contributed by atoms with Crippen LogP contribution in [0.3, 0.4) is 0 Å². The SMILES string of the molecule is CSSCc1ccccc1C(=O)n1c(=O)ccn([C@H]2CC(O)[C@@H](COP(=O)(O)OP(=O)(O)OP(=O)(O)O)O2)c1=O. The van der Waals surface area contributed by atoms with Crippen molar-refractivity contribution in [1.29, 1.82) is 0 Å². The Hall–Kier alpha value is -1.40. The number of phosphoric acid groups is 3. The quantitative estimate of drug-likeness (QED) is 0.158. The van der Waals surface area contributed by atoms with Crippen LogP contribution in [-0.2, 0) is 37.3 Å². The summed E-state index contributed by atoms with van der Waals surface area (Å²) < 4.78 is 52.5. The van der Waals surface area contributed by atoms with E-state index in [1.54, 1.807) is 18.2 Å². The van der Waals surface area contributed by atoms with Crippen LogP contribution in [0, 0.1) is 0 Å². The molecule has 2 heterocycles. The maximum Gasteiger partial charge on any atom is 0.490 e. The highest BCUT2D eigenvalue weighted by atomic mass is 33.1. The number of nitrogens with zero attached hydrogens (tertiary/aromatic N) is 2. The number of hydrogen-bond acceptors (Lipinski definition) is 13. The zero-order chi connectivity index (χ0) is 29.9. The lowest BCUT2D eigenvalue weighted by Crippen LogP contribution is -2.44. The van der Waals surface area contributed by atoms with Gasteiger partial charge in [-0.25, -0.2) is 18.5 Å². The summed E-state index contributed by atoms with van der Waals surface area (Å²) in [5, 5.41) is 10.3. The van der Waals surface area contributed by atoms with Gasteiger partial charge in [0.1, 0.15) is 12.3 Å². The normalized spacial score (nSPS) is 22.5. The zero-order valence-corrected chi connectivity index (χ0v) is 24.5. The van der Waals surface area contributed by atoms with Crippen LogP contribution in [0.25, 0.3) is 0 Å². The van der Waals surface area contributed by atoms with E-state index in [1.165, 1.54) is 27.7 Å². The Morgan fingerprint density at radius 3 is 2.40 bits per heavy atom. The molecule has 5 atom stereocenters. The van der Waals surface area contributed by atoms with Gasteiger partial charge in [-0.3, -0.25) is 18.7 Å². The Labute approximate surface area is 232 Å². The van der Waals surface area contributed by atoms with Gasteiger partial charge in [-0.2, -0.15) is 13.2 Å². The minimum atomic E-state index is -5.75. The van der Waals surface area contributed by atoms with E-state index in [2.05, 4.69) is 13.1 Å². The van der Waals surface area contributed by atoms with E-state index in [-0.39, 0.29) is 12.0 Å². The van der Waals surface area contributed by atoms with E-state index in [1.807, 2.05) is 6.26 Å². The molecule has 0 amide bonds. The van der Waals surface area contributed by atoms with Crippen LogP contribution in [0.5, 0.6) is 0 Å². The molecule has 1 aliphatic heterocycles. The number of hydrogen-bond donors (Lipinski definition) is 5. The molecule has 0 aliphatic carbocycles. The number of rotatable bonds is 12. The minimum Gasteiger partial charge on any atom is -0.390 e. The first-order valence-electron chi connectivity index (χ1n) is 10.8. The maximum absolute atomic E-state index is 13.2. The van der Waals surface area contributed by atoms with Gasteiger partial charge in [0.2, 0.25) is 0 Å². The summed E-state index contributed by atoms with van der Waals surface area (Å²) in [6, 6.07) is 7.37. The van der Waals surface area contributed by atoms with E-state index >= 15 is 0 Å². The lowest BCUT2D eigenvalue weighted by atomic mass is 10.1. The van der Waals surface area contributed by atoms with Gasteiger partial charge < -0.3 is 29.4 Å². The molecule has 222 valence electrons. The van der Waals surface area contributed by atoms with Gasteiger partial charge in [0.25, 0.3) is 11.5 Å². The van der Waals surface area contributed by atoms with Gasteiger partial charge in [-0.1, -0.05) is 39.8 Å². The van der Waals surface area contributed by atoms with E-state index in [0.29, 0.717) is 15.9 Å². The number of benzene rings is 1. The minimum absolute atomic E-state index is 0.127. The molecule has 1 aliphatic rings. The zero-order valence-electron chi connectivity index (χ0n) is 20.2. The number of aliphatic hydroxyl groups is 1. The summed E-state index contributed by atoms with van der Waals surface area (Å²) in [5.41, 5.74) is -1.29. The van der Waals surface area contributed by atoms with Crippen LogP contribution in [0.2, 0.25) is 0 Å². The molecule has 1 saturated heterocycles. The first-order chi connectivity index (χ1) is 18.5. The third-order valence-electron chi connectivity index (χ3n) is 5.13. The molecule has 2 aromatic rings. The molecular formula is C18H23N2O15P3S2. The van der Waals surface area contributed by atoms with Crippen molar-refractivity contribution in [3.05, 3.63) is 68.5 Å². The molecule has 17 nitrogen and oxygen atoms in total. The first kappa shape index (κ1) is 33.1. The highest BCUT2D eigenvalue weighted by Gasteiger charge is 2.43. The summed E-state index contributed by atoms with van der Waals surface area (Å²) >= 11 is 0. The van der Waals surface area contributed by atoms with Gasteiger partial charge in [-0.15, -0.1) is 0 Å². The third-order valence-corrected chi connectivity index (χ3v) is 10.7. The molecule has 0 bridgehead atoms. The molecule has 5 N–H and O–H groups in total. The first-order valence-corrected chi connectivity index (χ1v) is 18.0.